The fourth-order valence-electron chi connectivity index (χ4n) is 1.85. The van der Waals surface area contributed by atoms with E-state index >= 15 is 0 Å². The van der Waals surface area contributed by atoms with Crippen LogP contribution >= 0.6 is 0 Å². The fourth-order valence-corrected chi connectivity index (χ4v) is 1.85. The van der Waals surface area contributed by atoms with Crippen molar-refractivity contribution < 1.29 is 0 Å². The smallest absolute Gasteiger partial charge is 0.0592 e. The van der Waals surface area contributed by atoms with E-state index in [2.05, 4.69) is 30.7 Å². The first-order valence-electron chi connectivity index (χ1n) is 5.45. The molecule has 1 heterocycles. The molecule has 0 spiro atoms. The van der Waals surface area contributed by atoms with E-state index in [1.165, 1.54) is 19.3 Å². The van der Waals surface area contributed by atoms with Crippen molar-refractivity contribution in [3.8, 4) is 0 Å². The Morgan fingerprint density at radius 3 is 2.57 bits per heavy atom. The topological polar surface area (TPSA) is 25.8 Å². The summed E-state index contributed by atoms with van der Waals surface area (Å²) in [6.45, 7) is 6.84. The molecule has 0 amide bonds. The van der Waals surface area contributed by atoms with Gasteiger partial charge in [0.2, 0.25) is 0 Å². The van der Waals surface area contributed by atoms with Gasteiger partial charge in [-0.15, -0.1) is 0 Å². The maximum atomic E-state index is 4.33. The molecule has 1 aromatic rings. The van der Waals surface area contributed by atoms with E-state index in [9.17, 15) is 0 Å². The lowest BCUT2D eigenvalue weighted by molar-refractivity contribution is 0.276. The number of hydrogen-bond donors (Lipinski definition) is 0. The minimum absolute atomic E-state index is 0.394. The van der Waals surface area contributed by atoms with Crippen LogP contribution in [0.5, 0.6) is 0 Å². The van der Waals surface area contributed by atoms with Crippen LogP contribution in [-0.4, -0.2) is 9.97 Å². The second kappa shape index (κ2) is 5.08. The highest BCUT2D eigenvalue weighted by Gasteiger charge is 2.21. The van der Waals surface area contributed by atoms with Gasteiger partial charge in [0.1, 0.15) is 0 Å². The van der Waals surface area contributed by atoms with Gasteiger partial charge in [-0.1, -0.05) is 33.6 Å². The Labute approximate surface area is 86.8 Å². The third-order valence-corrected chi connectivity index (χ3v) is 2.93. The van der Waals surface area contributed by atoms with Gasteiger partial charge in [0.05, 0.1) is 5.69 Å². The van der Waals surface area contributed by atoms with Crippen LogP contribution in [0.4, 0.5) is 0 Å². The van der Waals surface area contributed by atoms with Crippen LogP contribution in [0.25, 0.3) is 0 Å². The molecule has 1 unspecified atom stereocenters. The molecule has 0 bridgehead atoms. The fraction of sp³-hybridized carbons (Fsp3) is 0.667. The molecule has 0 fully saturated rings. The maximum Gasteiger partial charge on any atom is 0.0592 e. The Kier molecular flexibility index (Phi) is 4.05. The lowest BCUT2D eigenvalue weighted by Gasteiger charge is -2.27. The molecular formula is C12H20N2. The van der Waals surface area contributed by atoms with Crippen molar-refractivity contribution in [3.05, 3.63) is 24.3 Å². The molecule has 0 N–H and O–H groups in total. The highest BCUT2D eigenvalue weighted by atomic mass is 14.8. The van der Waals surface area contributed by atoms with Crippen LogP contribution in [0.3, 0.4) is 0 Å². The van der Waals surface area contributed by atoms with Gasteiger partial charge in [-0.3, -0.25) is 9.97 Å². The summed E-state index contributed by atoms with van der Waals surface area (Å²) < 4.78 is 0. The molecule has 0 saturated heterocycles. The lowest BCUT2D eigenvalue weighted by atomic mass is 9.79. The molecule has 1 rings (SSSR count). The highest BCUT2D eigenvalue weighted by Crippen LogP contribution is 2.30. The van der Waals surface area contributed by atoms with Crippen molar-refractivity contribution in [1.82, 2.24) is 9.97 Å². The summed E-state index contributed by atoms with van der Waals surface area (Å²) in [4.78, 5) is 8.43. The molecule has 1 aromatic heterocycles. The van der Waals surface area contributed by atoms with Gasteiger partial charge >= 0.3 is 0 Å². The number of hydrogen-bond acceptors (Lipinski definition) is 2. The monoisotopic (exact) mass is 192 g/mol. The molecule has 1 atom stereocenters. The molecule has 14 heavy (non-hydrogen) atoms. The van der Waals surface area contributed by atoms with Gasteiger partial charge in [0.15, 0.2) is 0 Å². The second-order valence-corrected chi connectivity index (χ2v) is 4.29. The first-order valence-corrected chi connectivity index (χ1v) is 5.45. The van der Waals surface area contributed by atoms with Crippen LogP contribution in [0.1, 0.15) is 45.7 Å². The highest BCUT2D eigenvalue weighted by molar-refractivity contribution is 4.98. The van der Waals surface area contributed by atoms with Gasteiger partial charge < -0.3 is 0 Å². The lowest BCUT2D eigenvalue weighted by Crippen LogP contribution is -2.19. The molecule has 0 saturated carbocycles. The van der Waals surface area contributed by atoms with E-state index in [0.717, 1.165) is 12.1 Å². The number of nitrogens with zero attached hydrogens (tertiary/aromatic N) is 2. The first kappa shape index (κ1) is 11.2. The van der Waals surface area contributed by atoms with Crippen LogP contribution in [0.15, 0.2) is 18.6 Å². The van der Waals surface area contributed by atoms with Crippen molar-refractivity contribution >= 4 is 0 Å². The van der Waals surface area contributed by atoms with Crippen molar-refractivity contribution in [2.24, 2.45) is 5.41 Å². The summed E-state index contributed by atoms with van der Waals surface area (Å²) in [6, 6.07) is 0. The quantitative estimate of drug-likeness (QED) is 0.715. The Hall–Kier alpha value is -0.920. The summed E-state index contributed by atoms with van der Waals surface area (Å²) in [5.74, 6) is 0. The first-order chi connectivity index (χ1) is 6.70. The van der Waals surface area contributed by atoms with Crippen LogP contribution in [-0.2, 0) is 6.42 Å². The van der Waals surface area contributed by atoms with E-state index in [1.54, 1.807) is 12.4 Å². The number of rotatable bonds is 5. The van der Waals surface area contributed by atoms with Gasteiger partial charge in [-0.05, 0) is 18.3 Å². The van der Waals surface area contributed by atoms with Crippen LogP contribution in [0.2, 0.25) is 0 Å². The average Bonchev–Trinajstić information content (AvgIpc) is 2.20. The molecule has 0 radical (unpaired) electrons. The zero-order chi connectivity index (χ0) is 10.4. The predicted molar refractivity (Wildman–Crippen MR) is 59.0 cm³/mol. The third kappa shape index (κ3) is 3.09. The Balaban J connectivity index is 2.65. The molecular weight excluding hydrogens is 172 g/mol. The molecule has 0 aliphatic heterocycles. The summed E-state index contributed by atoms with van der Waals surface area (Å²) in [6.07, 6.45) is 10.1. The van der Waals surface area contributed by atoms with Gasteiger partial charge in [-0.25, -0.2) is 0 Å². The van der Waals surface area contributed by atoms with Crippen LogP contribution in [0, 0.1) is 5.41 Å². The second-order valence-electron chi connectivity index (χ2n) is 4.29. The van der Waals surface area contributed by atoms with E-state index in [4.69, 9.17) is 0 Å². The third-order valence-electron chi connectivity index (χ3n) is 2.93. The zero-order valence-electron chi connectivity index (χ0n) is 9.45. The van der Waals surface area contributed by atoms with Gasteiger partial charge in [-0.2, -0.15) is 0 Å². The van der Waals surface area contributed by atoms with E-state index < -0.39 is 0 Å². The summed E-state index contributed by atoms with van der Waals surface area (Å²) in [5.41, 5.74) is 1.51. The van der Waals surface area contributed by atoms with Crippen molar-refractivity contribution in [1.29, 1.82) is 0 Å². The zero-order valence-corrected chi connectivity index (χ0v) is 9.45. The molecule has 78 valence electrons. The largest absolute Gasteiger partial charge is 0.261 e. The van der Waals surface area contributed by atoms with Crippen molar-refractivity contribution in [2.45, 2.75) is 46.5 Å². The summed E-state index contributed by atoms with van der Waals surface area (Å²) in [7, 11) is 0. The maximum absolute atomic E-state index is 4.33. The SMILES string of the molecule is CCCC(C)(CC)Cc1cnccn1. The molecule has 0 aliphatic rings. The Morgan fingerprint density at radius 2 is 2.07 bits per heavy atom. The molecule has 0 aliphatic carbocycles. The standard InChI is InChI=1S/C12H20N2/c1-4-6-12(3,5-2)9-11-10-13-7-8-14-11/h7-8,10H,4-6,9H2,1-3H3. The Bertz CT molecular complexity index is 258. The van der Waals surface area contributed by atoms with E-state index in [0.29, 0.717) is 5.41 Å². The number of aromatic nitrogens is 2. The van der Waals surface area contributed by atoms with E-state index in [1.807, 2.05) is 6.20 Å². The van der Waals surface area contributed by atoms with Crippen molar-refractivity contribution in [3.63, 3.8) is 0 Å². The van der Waals surface area contributed by atoms with Crippen LogP contribution < -0.4 is 0 Å². The average molecular weight is 192 g/mol. The molecule has 2 heteroatoms. The summed E-state index contributed by atoms with van der Waals surface area (Å²) in [5, 5.41) is 0. The predicted octanol–water partition coefficient (Wildman–Crippen LogP) is 3.24. The minimum atomic E-state index is 0.394. The Morgan fingerprint density at radius 1 is 1.29 bits per heavy atom. The van der Waals surface area contributed by atoms with E-state index in [-0.39, 0.29) is 0 Å². The summed E-state index contributed by atoms with van der Waals surface area (Å²) >= 11 is 0. The normalized spacial score (nSPS) is 15.1. The molecule has 2 nitrogen and oxygen atoms in total. The van der Waals surface area contributed by atoms with Gasteiger partial charge in [0, 0.05) is 18.6 Å². The van der Waals surface area contributed by atoms with Gasteiger partial charge in [0.25, 0.3) is 0 Å². The van der Waals surface area contributed by atoms with Crippen molar-refractivity contribution in [2.75, 3.05) is 0 Å². The molecule has 0 aromatic carbocycles. The minimum Gasteiger partial charge on any atom is -0.261 e.